The normalized spacial score (nSPS) is 37.7. The predicted molar refractivity (Wildman–Crippen MR) is 139 cm³/mol. The van der Waals surface area contributed by atoms with Crippen molar-refractivity contribution < 1.29 is 15.4 Å². The highest BCUT2D eigenvalue weighted by Gasteiger charge is 2.66. The second-order valence-electron chi connectivity index (χ2n) is 12.4. The molecule has 0 saturated heterocycles. The topological polar surface area (TPSA) is 73.0 Å². The molecular weight excluding hydrogens is 434 g/mol. The van der Waals surface area contributed by atoms with Gasteiger partial charge in [0.05, 0.1) is 11.8 Å². The van der Waals surface area contributed by atoms with Crippen molar-refractivity contribution in [3.8, 4) is 11.8 Å². The summed E-state index contributed by atoms with van der Waals surface area (Å²) in [5, 5.41) is 35.8. The van der Waals surface area contributed by atoms with Crippen LogP contribution in [0.3, 0.4) is 0 Å². The van der Waals surface area contributed by atoms with Gasteiger partial charge in [0.15, 0.2) is 5.60 Å². The van der Waals surface area contributed by atoms with Gasteiger partial charge in [-0.1, -0.05) is 68.6 Å². The monoisotopic (exact) mass is 473 g/mol. The van der Waals surface area contributed by atoms with Crippen molar-refractivity contribution in [3.05, 3.63) is 58.2 Å². The third-order valence-electron chi connectivity index (χ3n) is 9.59. The molecular formula is C31H39NO3. The fourth-order valence-corrected chi connectivity index (χ4v) is 7.70. The molecule has 2 fully saturated rings. The van der Waals surface area contributed by atoms with Crippen molar-refractivity contribution in [2.24, 2.45) is 22.4 Å². The number of fused-ring (bicyclic) bond motifs is 4. The van der Waals surface area contributed by atoms with Crippen LogP contribution >= 0.6 is 0 Å². The van der Waals surface area contributed by atoms with Crippen LogP contribution in [-0.4, -0.2) is 32.8 Å². The van der Waals surface area contributed by atoms with Gasteiger partial charge in [0, 0.05) is 11.3 Å². The average Bonchev–Trinajstić information content (AvgIpc) is 3.03. The van der Waals surface area contributed by atoms with Crippen LogP contribution in [0.2, 0.25) is 0 Å². The van der Waals surface area contributed by atoms with Crippen molar-refractivity contribution in [2.45, 2.75) is 96.2 Å². The molecule has 2 saturated carbocycles. The van der Waals surface area contributed by atoms with E-state index in [1.807, 2.05) is 0 Å². The number of rotatable bonds is 1. The molecule has 5 rings (SSSR count). The van der Waals surface area contributed by atoms with E-state index in [9.17, 15) is 15.4 Å². The number of allylic oxidation sites excluding steroid dienone is 4. The minimum absolute atomic E-state index is 0.0866. The molecule has 3 unspecified atom stereocenters. The van der Waals surface area contributed by atoms with Gasteiger partial charge in [-0.15, -0.1) is 5.92 Å². The zero-order chi connectivity index (χ0) is 25.2. The maximum Gasteiger partial charge on any atom is 0.156 e. The maximum absolute atomic E-state index is 11.8. The second kappa shape index (κ2) is 8.36. The predicted octanol–water partition coefficient (Wildman–Crippen LogP) is 5.87. The molecule has 0 aromatic heterocycles. The lowest BCUT2D eigenvalue weighted by molar-refractivity contribution is -0.0942. The summed E-state index contributed by atoms with van der Waals surface area (Å²) in [7, 11) is 0. The molecule has 0 bridgehead atoms. The summed E-state index contributed by atoms with van der Waals surface area (Å²) < 4.78 is 0. The van der Waals surface area contributed by atoms with Crippen molar-refractivity contribution >= 4 is 5.71 Å². The first-order valence-electron chi connectivity index (χ1n) is 13.1. The summed E-state index contributed by atoms with van der Waals surface area (Å²) in [6.45, 7) is 10.6. The van der Waals surface area contributed by atoms with E-state index < -0.39 is 17.1 Å². The number of hydrogen-bond donors (Lipinski definition) is 3. The quantitative estimate of drug-likeness (QED) is 0.271. The van der Waals surface area contributed by atoms with Crippen LogP contribution in [0.15, 0.2) is 52.2 Å². The molecule has 0 aliphatic heterocycles. The summed E-state index contributed by atoms with van der Waals surface area (Å²) in [6, 6.07) is 9.05. The maximum atomic E-state index is 11.8. The Kier molecular flexibility index (Phi) is 5.81. The Bertz CT molecular complexity index is 1170. The largest absolute Gasteiger partial charge is 0.411 e. The van der Waals surface area contributed by atoms with E-state index >= 15 is 0 Å². The Balaban J connectivity index is 1.68. The third kappa shape index (κ3) is 3.62. The summed E-state index contributed by atoms with van der Waals surface area (Å²) in [5.41, 5.74) is 5.77. The van der Waals surface area contributed by atoms with E-state index in [0.29, 0.717) is 12.3 Å². The van der Waals surface area contributed by atoms with Crippen molar-refractivity contribution in [1.29, 1.82) is 0 Å². The molecule has 35 heavy (non-hydrogen) atoms. The van der Waals surface area contributed by atoms with Gasteiger partial charge in [-0.25, -0.2) is 0 Å². The minimum atomic E-state index is -1.40. The highest BCUT2D eigenvalue weighted by molar-refractivity contribution is 5.97. The third-order valence-corrected chi connectivity index (χ3v) is 9.59. The van der Waals surface area contributed by atoms with Gasteiger partial charge in [0.25, 0.3) is 0 Å². The zero-order valence-corrected chi connectivity index (χ0v) is 21.7. The van der Waals surface area contributed by atoms with Gasteiger partial charge >= 0.3 is 0 Å². The van der Waals surface area contributed by atoms with E-state index in [1.54, 1.807) is 6.92 Å². The lowest BCUT2D eigenvalue weighted by Gasteiger charge is -2.53. The standard InChI is InChI=1S/C31H39NO3/c1-6-15-31(34)27(33)17-26-24-13-9-20-16-22(32-35)12-14-23(20)28(24)25(18-30(26,31)5)19-7-10-21(11-8-19)29(2,3)4/h7-8,10-11,16,24-27,33-35H,9,12-14,17-18H2,1-5H3/t24-,25?,26-,27?,30-,31?/m0/s1. The number of nitrogens with zero attached hydrogens (tertiary/aromatic N) is 1. The smallest absolute Gasteiger partial charge is 0.156 e. The van der Waals surface area contributed by atoms with E-state index in [4.69, 9.17) is 0 Å². The molecule has 4 aliphatic carbocycles. The first-order chi connectivity index (χ1) is 16.5. The first-order valence-corrected chi connectivity index (χ1v) is 13.1. The van der Waals surface area contributed by atoms with Crippen LogP contribution in [-0.2, 0) is 5.41 Å². The second-order valence-corrected chi connectivity index (χ2v) is 12.4. The highest BCUT2D eigenvalue weighted by Crippen LogP contribution is 2.66. The molecule has 0 amide bonds. The van der Waals surface area contributed by atoms with Gasteiger partial charge in [-0.05, 0) is 91.0 Å². The molecule has 0 radical (unpaired) electrons. The fraction of sp³-hybridized carbons (Fsp3) is 0.581. The molecule has 4 heteroatoms. The van der Waals surface area contributed by atoms with E-state index in [1.165, 1.54) is 27.8 Å². The lowest BCUT2D eigenvalue weighted by atomic mass is 9.51. The van der Waals surface area contributed by atoms with Crippen molar-refractivity contribution in [1.82, 2.24) is 0 Å². The summed E-state index contributed by atoms with van der Waals surface area (Å²) in [6.07, 6.45) is 6.16. The Morgan fingerprint density at radius 2 is 1.80 bits per heavy atom. The van der Waals surface area contributed by atoms with Crippen LogP contribution in [0.4, 0.5) is 0 Å². The molecule has 0 spiro atoms. The fourth-order valence-electron chi connectivity index (χ4n) is 7.70. The first kappa shape index (κ1) is 24.3. The van der Waals surface area contributed by atoms with Crippen LogP contribution in [0.1, 0.15) is 90.2 Å². The van der Waals surface area contributed by atoms with Gasteiger partial charge in [-0.2, -0.15) is 0 Å². The number of hydrogen-bond acceptors (Lipinski definition) is 4. The Morgan fingerprint density at radius 3 is 2.43 bits per heavy atom. The molecule has 186 valence electrons. The van der Waals surface area contributed by atoms with Crippen LogP contribution < -0.4 is 0 Å². The molecule has 0 heterocycles. The number of benzene rings is 1. The Morgan fingerprint density at radius 1 is 1.09 bits per heavy atom. The zero-order valence-electron chi connectivity index (χ0n) is 21.7. The van der Waals surface area contributed by atoms with Gasteiger partial charge in [-0.3, -0.25) is 0 Å². The van der Waals surface area contributed by atoms with Gasteiger partial charge < -0.3 is 15.4 Å². The molecule has 1 aromatic rings. The van der Waals surface area contributed by atoms with Gasteiger partial charge in [0.2, 0.25) is 0 Å². The van der Waals surface area contributed by atoms with Crippen LogP contribution in [0, 0.1) is 29.1 Å². The number of aliphatic hydroxyl groups excluding tert-OH is 1. The van der Waals surface area contributed by atoms with Crippen LogP contribution in [0.5, 0.6) is 0 Å². The molecule has 3 N–H and O–H groups in total. The molecule has 6 atom stereocenters. The van der Waals surface area contributed by atoms with Crippen LogP contribution in [0.25, 0.3) is 0 Å². The summed E-state index contributed by atoms with van der Waals surface area (Å²) in [5.74, 6) is 6.65. The summed E-state index contributed by atoms with van der Waals surface area (Å²) in [4.78, 5) is 0. The minimum Gasteiger partial charge on any atom is -0.411 e. The van der Waals surface area contributed by atoms with E-state index in [-0.39, 0.29) is 17.3 Å². The number of oxime groups is 1. The average molecular weight is 474 g/mol. The molecule has 4 nitrogen and oxygen atoms in total. The lowest BCUT2D eigenvalue weighted by Crippen LogP contribution is -2.54. The molecule has 1 aromatic carbocycles. The van der Waals surface area contributed by atoms with Crippen molar-refractivity contribution in [3.63, 3.8) is 0 Å². The highest BCUT2D eigenvalue weighted by atomic mass is 16.4. The Labute approximate surface area is 209 Å². The van der Waals surface area contributed by atoms with Gasteiger partial charge in [0.1, 0.15) is 0 Å². The van der Waals surface area contributed by atoms with E-state index in [2.05, 4.69) is 75.0 Å². The SMILES string of the molecule is CC#CC1(O)C(O)C[C@H]2[C@@H]3CCC4=CC(=NO)CCC4=C3C(c3ccc(C(C)(C)C)cc3)C[C@@]21C. The summed E-state index contributed by atoms with van der Waals surface area (Å²) >= 11 is 0. The van der Waals surface area contributed by atoms with E-state index in [0.717, 1.165) is 37.8 Å². The number of aliphatic hydroxyl groups is 2. The van der Waals surface area contributed by atoms with Crippen molar-refractivity contribution in [2.75, 3.05) is 0 Å². The Hall–Kier alpha value is -2.35. The molecule has 4 aliphatic rings.